The highest BCUT2D eigenvalue weighted by molar-refractivity contribution is 6.02. The van der Waals surface area contributed by atoms with Crippen LogP contribution in [0.1, 0.15) is 19.5 Å². The maximum atomic E-state index is 11.8. The zero-order chi connectivity index (χ0) is 12.5. The van der Waals surface area contributed by atoms with Crippen LogP contribution in [0.15, 0.2) is 24.4 Å². The fraction of sp³-hybridized carbons (Fsp3) is 0.417. The Kier molecular flexibility index (Phi) is 2.83. The van der Waals surface area contributed by atoms with E-state index in [0.29, 0.717) is 13.0 Å². The molecule has 0 bridgehead atoms. The number of rotatable bonds is 3. The highest BCUT2D eigenvalue weighted by Crippen LogP contribution is 2.23. The summed E-state index contributed by atoms with van der Waals surface area (Å²) < 4.78 is 4.98. The standard InChI is InChI=1S/C12H14N2O3/c1-12(2)10(15)14(11(16)17-12)8-6-9-5-3-4-7-13-9/h3-5,7H,6,8H2,1-2H3. The number of pyridine rings is 1. The van der Waals surface area contributed by atoms with Crippen molar-refractivity contribution in [3.63, 3.8) is 0 Å². The molecule has 5 heteroatoms. The van der Waals surface area contributed by atoms with E-state index in [1.54, 1.807) is 20.0 Å². The summed E-state index contributed by atoms with van der Waals surface area (Å²) in [5.74, 6) is -0.293. The number of carbonyl (C=O) groups is 2. The van der Waals surface area contributed by atoms with Crippen molar-refractivity contribution in [3.8, 4) is 0 Å². The molecular weight excluding hydrogens is 220 g/mol. The van der Waals surface area contributed by atoms with Gasteiger partial charge in [-0.3, -0.25) is 9.78 Å². The van der Waals surface area contributed by atoms with Crippen LogP contribution in [0.5, 0.6) is 0 Å². The molecule has 0 saturated carbocycles. The van der Waals surface area contributed by atoms with Gasteiger partial charge in [0.15, 0.2) is 5.60 Å². The largest absolute Gasteiger partial charge is 0.433 e. The molecule has 0 aliphatic carbocycles. The normalized spacial score (nSPS) is 18.4. The summed E-state index contributed by atoms with van der Waals surface area (Å²) in [5, 5.41) is 0. The lowest BCUT2D eigenvalue weighted by atomic mass is 10.1. The summed E-state index contributed by atoms with van der Waals surface area (Å²) in [6, 6.07) is 5.55. The van der Waals surface area contributed by atoms with Crippen molar-refractivity contribution in [2.45, 2.75) is 25.9 Å². The number of cyclic esters (lactones) is 1. The molecule has 0 aromatic carbocycles. The Balaban J connectivity index is 2.01. The molecule has 1 saturated heterocycles. The molecule has 5 nitrogen and oxygen atoms in total. The smallest absolute Gasteiger partial charge is 0.417 e. The van der Waals surface area contributed by atoms with Crippen LogP contribution in [0.2, 0.25) is 0 Å². The van der Waals surface area contributed by atoms with Gasteiger partial charge in [0, 0.05) is 24.9 Å². The Morgan fingerprint density at radius 2 is 2.12 bits per heavy atom. The van der Waals surface area contributed by atoms with Crippen LogP contribution in [0.3, 0.4) is 0 Å². The zero-order valence-electron chi connectivity index (χ0n) is 9.84. The van der Waals surface area contributed by atoms with Gasteiger partial charge in [0.1, 0.15) is 0 Å². The Bertz CT molecular complexity index is 442. The monoisotopic (exact) mass is 234 g/mol. The quantitative estimate of drug-likeness (QED) is 0.792. The lowest BCUT2D eigenvalue weighted by Crippen LogP contribution is -2.37. The number of hydrogen-bond donors (Lipinski definition) is 0. The topological polar surface area (TPSA) is 59.5 Å². The maximum Gasteiger partial charge on any atom is 0.417 e. The van der Waals surface area contributed by atoms with E-state index in [1.165, 1.54) is 0 Å². The van der Waals surface area contributed by atoms with Crippen LogP contribution in [0, 0.1) is 0 Å². The third-order valence-electron chi connectivity index (χ3n) is 2.64. The first-order chi connectivity index (χ1) is 8.00. The average Bonchev–Trinajstić information content (AvgIpc) is 2.48. The molecule has 0 unspecified atom stereocenters. The predicted octanol–water partition coefficient (Wildman–Crippen LogP) is 1.38. The first-order valence-electron chi connectivity index (χ1n) is 5.45. The van der Waals surface area contributed by atoms with E-state index in [-0.39, 0.29) is 5.91 Å². The molecule has 0 N–H and O–H groups in total. The first-order valence-corrected chi connectivity index (χ1v) is 5.45. The van der Waals surface area contributed by atoms with Crippen molar-refractivity contribution in [2.75, 3.05) is 6.54 Å². The fourth-order valence-electron chi connectivity index (χ4n) is 1.69. The molecule has 90 valence electrons. The molecule has 1 aliphatic heterocycles. The van der Waals surface area contributed by atoms with Crippen molar-refractivity contribution in [1.82, 2.24) is 9.88 Å². The third-order valence-corrected chi connectivity index (χ3v) is 2.64. The molecule has 1 fully saturated rings. The summed E-state index contributed by atoms with van der Waals surface area (Å²) in [5.41, 5.74) is -0.195. The fourth-order valence-corrected chi connectivity index (χ4v) is 1.69. The number of amides is 2. The minimum Gasteiger partial charge on any atom is -0.433 e. The van der Waals surface area contributed by atoms with Gasteiger partial charge in [-0.25, -0.2) is 9.69 Å². The Labute approximate surface area is 99.4 Å². The van der Waals surface area contributed by atoms with E-state index < -0.39 is 11.7 Å². The SMILES string of the molecule is CC1(C)OC(=O)N(CCc2ccccn2)C1=O. The Morgan fingerprint density at radius 1 is 1.35 bits per heavy atom. The summed E-state index contributed by atoms with van der Waals surface area (Å²) in [6.07, 6.45) is 1.65. The van der Waals surface area contributed by atoms with Gasteiger partial charge in [-0.15, -0.1) is 0 Å². The molecule has 0 atom stereocenters. The summed E-state index contributed by atoms with van der Waals surface area (Å²) >= 11 is 0. The summed E-state index contributed by atoms with van der Waals surface area (Å²) in [4.78, 5) is 28.6. The van der Waals surface area contributed by atoms with Gasteiger partial charge in [-0.1, -0.05) is 6.07 Å². The molecule has 0 radical (unpaired) electrons. The lowest BCUT2D eigenvalue weighted by molar-refractivity contribution is -0.134. The number of hydrogen-bond acceptors (Lipinski definition) is 4. The van der Waals surface area contributed by atoms with E-state index in [0.717, 1.165) is 10.6 Å². The van der Waals surface area contributed by atoms with E-state index >= 15 is 0 Å². The van der Waals surface area contributed by atoms with E-state index in [2.05, 4.69) is 4.98 Å². The van der Waals surface area contributed by atoms with Crippen LogP contribution >= 0.6 is 0 Å². The highest BCUT2D eigenvalue weighted by atomic mass is 16.6. The zero-order valence-corrected chi connectivity index (χ0v) is 9.84. The number of ether oxygens (including phenoxy) is 1. The van der Waals surface area contributed by atoms with Gasteiger partial charge >= 0.3 is 6.09 Å². The van der Waals surface area contributed by atoms with Crippen LogP contribution in [0.4, 0.5) is 4.79 Å². The molecule has 2 amide bonds. The predicted molar refractivity (Wildman–Crippen MR) is 60.2 cm³/mol. The van der Waals surface area contributed by atoms with Crippen molar-refractivity contribution in [3.05, 3.63) is 30.1 Å². The van der Waals surface area contributed by atoms with Crippen molar-refractivity contribution in [2.24, 2.45) is 0 Å². The van der Waals surface area contributed by atoms with Gasteiger partial charge in [0.25, 0.3) is 5.91 Å². The third kappa shape index (κ3) is 2.27. The number of aromatic nitrogens is 1. The number of carbonyl (C=O) groups excluding carboxylic acids is 2. The molecule has 1 aliphatic rings. The molecule has 2 heterocycles. The molecule has 17 heavy (non-hydrogen) atoms. The second kappa shape index (κ2) is 4.16. The first kappa shape index (κ1) is 11.6. The van der Waals surface area contributed by atoms with E-state index in [1.807, 2.05) is 18.2 Å². The Hall–Kier alpha value is -1.91. The molecule has 0 spiro atoms. The number of nitrogens with zero attached hydrogens (tertiary/aromatic N) is 2. The van der Waals surface area contributed by atoms with Gasteiger partial charge in [0.05, 0.1) is 0 Å². The van der Waals surface area contributed by atoms with Gasteiger partial charge in [-0.2, -0.15) is 0 Å². The lowest BCUT2D eigenvalue weighted by Gasteiger charge is -2.13. The Morgan fingerprint density at radius 3 is 2.65 bits per heavy atom. The average molecular weight is 234 g/mol. The van der Waals surface area contributed by atoms with Crippen molar-refractivity contribution in [1.29, 1.82) is 0 Å². The summed E-state index contributed by atoms with van der Waals surface area (Å²) in [6.45, 7) is 3.49. The highest BCUT2D eigenvalue weighted by Gasteiger charge is 2.46. The number of imide groups is 1. The van der Waals surface area contributed by atoms with E-state index in [9.17, 15) is 9.59 Å². The molecule has 2 rings (SSSR count). The van der Waals surface area contributed by atoms with Crippen LogP contribution in [-0.2, 0) is 16.0 Å². The molecular formula is C12H14N2O3. The van der Waals surface area contributed by atoms with Crippen LogP contribution in [-0.4, -0.2) is 34.0 Å². The van der Waals surface area contributed by atoms with Gasteiger partial charge < -0.3 is 4.74 Å². The molecule has 1 aromatic rings. The van der Waals surface area contributed by atoms with Crippen molar-refractivity contribution >= 4 is 12.0 Å². The minimum atomic E-state index is -1.04. The van der Waals surface area contributed by atoms with Crippen LogP contribution < -0.4 is 0 Å². The molecule has 1 aromatic heterocycles. The van der Waals surface area contributed by atoms with Crippen LogP contribution in [0.25, 0.3) is 0 Å². The minimum absolute atomic E-state index is 0.293. The van der Waals surface area contributed by atoms with Gasteiger partial charge in [0.2, 0.25) is 0 Å². The summed E-state index contributed by atoms with van der Waals surface area (Å²) in [7, 11) is 0. The second-order valence-electron chi connectivity index (χ2n) is 4.41. The van der Waals surface area contributed by atoms with Crippen molar-refractivity contribution < 1.29 is 14.3 Å². The van der Waals surface area contributed by atoms with Gasteiger partial charge in [-0.05, 0) is 26.0 Å². The maximum absolute atomic E-state index is 11.8. The van der Waals surface area contributed by atoms with E-state index in [4.69, 9.17) is 4.74 Å². The second-order valence-corrected chi connectivity index (χ2v) is 4.41.